The summed E-state index contributed by atoms with van der Waals surface area (Å²) in [6.45, 7) is 0. The maximum absolute atomic E-state index is 6.67. The van der Waals surface area contributed by atoms with Crippen molar-refractivity contribution in [2.24, 2.45) is 5.73 Å². The number of hydrogen-bond donors (Lipinski definition) is 3. The third-order valence-electron chi connectivity index (χ3n) is 7.07. The lowest BCUT2D eigenvalue weighted by Crippen LogP contribution is -2.33. The molecule has 2 aromatic rings. The van der Waals surface area contributed by atoms with Crippen LogP contribution in [0.5, 0.6) is 5.75 Å². The summed E-state index contributed by atoms with van der Waals surface area (Å²) in [5, 5.41) is 0. The zero-order valence-corrected chi connectivity index (χ0v) is 16.3. The topological polar surface area (TPSA) is 113 Å². The van der Waals surface area contributed by atoms with Crippen LogP contribution in [-0.2, 0) is 11.8 Å². The summed E-state index contributed by atoms with van der Waals surface area (Å²) in [4.78, 5) is 8.94. The van der Waals surface area contributed by atoms with Crippen LogP contribution in [0.4, 0.5) is 11.5 Å². The molecule has 0 amide bonds. The molecule has 1 aromatic carbocycles. The number of benzene rings is 1. The fourth-order valence-corrected chi connectivity index (χ4v) is 5.58. The second-order valence-corrected chi connectivity index (χ2v) is 8.80. The predicted octanol–water partition coefficient (Wildman–Crippen LogP) is 3.32. The van der Waals surface area contributed by atoms with E-state index in [1.54, 1.807) is 6.33 Å². The maximum atomic E-state index is 6.67. The third-order valence-corrected chi connectivity index (χ3v) is 7.07. The van der Waals surface area contributed by atoms with Crippen LogP contribution < -0.4 is 21.9 Å². The number of nitrogens with two attached hydrogens (primary N) is 3. The molecule has 0 unspecified atom stereocenters. The molecular formula is C22H29N5O. The Kier molecular flexibility index (Phi) is 4.19. The number of aromatic nitrogens is 2. The molecule has 2 saturated carbocycles. The van der Waals surface area contributed by atoms with Crippen molar-refractivity contribution in [3.63, 3.8) is 0 Å². The molecule has 5 rings (SSSR count). The Morgan fingerprint density at radius 3 is 2.50 bits per heavy atom. The van der Waals surface area contributed by atoms with E-state index in [9.17, 15) is 0 Å². The van der Waals surface area contributed by atoms with Gasteiger partial charge < -0.3 is 21.9 Å². The van der Waals surface area contributed by atoms with Crippen LogP contribution in [0.15, 0.2) is 18.5 Å². The highest BCUT2D eigenvalue weighted by Gasteiger charge is 2.44. The van der Waals surface area contributed by atoms with Crippen molar-refractivity contribution >= 4 is 11.5 Å². The number of anilines is 2. The molecule has 6 N–H and O–H groups in total. The van der Waals surface area contributed by atoms with E-state index in [1.165, 1.54) is 12.8 Å². The van der Waals surface area contributed by atoms with Crippen LogP contribution in [0.2, 0.25) is 0 Å². The van der Waals surface area contributed by atoms with Crippen molar-refractivity contribution < 1.29 is 4.74 Å². The lowest BCUT2D eigenvalue weighted by Gasteiger charge is -2.37. The molecule has 1 aromatic heterocycles. The van der Waals surface area contributed by atoms with Gasteiger partial charge in [0.05, 0.1) is 17.5 Å². The van der Waals surface area contributed by atoms with E-state index in [-0.39, 0.29) is 11.5 Å². The van der Waals surface area contributed by atoms with Gasteiger partial charge in [0.1, 0.15) is 17.9 Å². The van der Waals surface area contributed by atoms with E-state index in [0.29, 0.717) is 11.9 Å². The molecule has 0 aliphatic heterocycles. The van der Waals surface area contributed by atoms with Gasteiger partial charge in [-0.2, -0.15) is 0 Å². The monoisotopic (exact) mass is 379 g/mol. The van der Waals surface area contributed by atoms with E-state index in [1.807, 2.05) is 6.07 Å². The maximum Gasteiger partial charge on any atom is 0.142 e. The minimum atomic E-state index is 0.0119. The average molecular weight is 380 g/mol. The van der Waals surface area contributed by atoms with Crippen LogP contribution in [0.25, 0.3) is 11.3 Å². The Labute approximate surface area is 165 Å². The van der Waals surface area contributed by atoms with Crippen LogP contribution in [0, 0.1) is 0 Å². The number of ether oxygens (including phenoxy) is 1. The smallest absolute Gasteiger partial charge is 0.142 e. The first-order chi connectivity index (χ1) is 13.6. The standard InChI is InChI=1S/C22H29N5O/c23-13-3-5-14(6-4-13)28-17-8-7-15-16(19(17)24)11-22(9-1-2-10-22)18-20(15)26-12-27-21(18)25/h7-8,12-14H,1-6,9-11,23-24H2,(H2,25,26,27)/t13-,14-. The molecule has 3 aliphatic carbocycles. The zero-order valence-electron chi connectivity index (χ0n) is 16.3. The number of nitrogens with zero attached hydrogens (tertiary/aromatic N) is 2. The first-order valence-corrected chi connectivity index (χ1v) is 10.5. The Morgan fingerprint density at radius 2 is 1.75 bits per heavy atom. The van der Waals surface area contributed by atoms with Gasteiger partial charge in [0, 0.05) is 22.6 Å². The summed E-state index contributed by atoms with van der Waals surface area (Å²) >= 11 is 0. The number of hydrogen-bond acceptors (Lipinski definition) is 6. The molecule has 148 valence electrons. The van der Waals surface area contributed by atoms with Crippen LogP contribution >= 0.6 is 0 Å². The second kappa shape index (κ2) is 6.62. The molecule has 0 atom stereocenters. The average Bonchev–Trinajstić information content (AvgIpc) is 3.15. The van der Waals surface area contributed by atoms with Crippen LogP contribution in [-0.4, -0.2) is 22.1 Å². The van der Waals surface area contributed by atoms with Crippen molar-refractivity contribution in [3.8, 4) is 17.0 Å². The predicted molar refractivity (Wildman–Crippen MR) is 111 cm³/mol. The van der Waals surface area contributed by atoms with Crippen LogP contribution in [0.1, 0.15) is 62.5 Å². The van der Waals surface area contributed by atoms with Crippen molar-refractivity contribution in [1.29, 1.82) is 0 Å². The highest BCUT2D eigenvalue weighted by Crippen LogP contribution is 2.54. The van der Waals surface area contributed by atoms with Crippen molar-refractivity contribution in [2.45, 2.75) is 75.3 Å². The molecule has 3 aliphatic rings. The van der Waals surface area contributed by atoms with E-state index in [2.05, 4.69) is 16.0 Å². The lowest BCUT2D eigenvalue weighted by molar-refractivity contribution is 0.148. The van der Waals surface area contributed by atoms with Crippen molar-refractivity contribution in [1.82, 2.24) is 9.97 Å². The minimum Gasteiger partial charge on any atom is -0.488 e. The highest BCUT2D eigenvalue weighted by molar-refractivity contribution is 5.82. The largest absolute Gasteiger partial charge is 0.488 e. The SMILES string of the molecule is Nc1ncnc2c1C1(CCCC1)Cc1c-2ccc(O[C@H]2CC[C@H](N)CC2)c1N. The van der Waals surface area contributed by atoms with Gasteiger partial charge in [-0.25, -0.2) is 9.97 Å². The molecule has 2 fully saturated rings. The van der Waals surface area contributed by atoms with Crippen LogP contribution in [0.3, 0.4) is 0 Å². The Hall–Kier alpha value is -2.34. The molecule has 1 heterocycles. The molecule has 6 nitrogen and oxygen atoms in total. The first kappa shape index (κ1) is 17.7. The summed E-state index contributed by atoms with van der Waals surface area (Å²) in [5.74, 6) is 1.42. The highest BCUT2D eigenvalue weighted by atomic mass is 16.5. The van der Waals surface area contributed by atoms with E-state index < -0.39 is 0 Å². The third kappa shape index (κ3) is 2.73. The number of rotatable bonds is 2. The molecule has 0 bridgehead atoms. The lowest BCUT2D eigenvalue weighted by atomic mass is 9.68. The summed E-state index contributed by atoms with van der Waals surface area (Å²) in [6.07, 6.45) is 11.3. The van der Waals surface area contributed by atoms with Gasteiger partial charge in [-0.3, -0.25) is 0 Å². The quantitative estimate of drug-likeness (QED) is 0.690. The zero-order chi connectivity index (χ0) is 19.3. The molecule has 0 saturated heterocycles. The molecular weight excluding hydrogens is 350 g/mol. The van der Waals surface area contributed by atoms with E-state index >= 15 is 0 Å². The number of nitrogen functional groups attached to an aromatic ring is 2. The van der Waals surface area contributed by atoms with Crippen molar-refractivity contribution in [3.05, 3.63) is 29.6 Å². The normalized spacial score (nSPS) is 25.3. The van der Waals surface area contributed by atoms with E-state index in [0.717, 1.165) is 78.8 Å². The summed E-state index contributed by atoms with van der Waals surface area (Å²) < 4.78 is 6.33. The minimum absolute atomic E-state index is 0.0119. The van der Waals surface area contributed by atoms with E-state index in [4.69, 9.17) is 21.9 Å². The molecule has 6 heteroatoms. The van der Waals surface area contributed by atoms with Gasteiger partial charge in [-0.15, -0.1) is 0 Å². The fraction of sp³-hybridized carbons (Fsp3) is 0.545. The van der Waals surface area contributed by atoms with Crippen molar-refractivity contribution in [2.75, 3.05) is 11.5 Å². The molecule has 1 spiro atoms. The summed E-state index contributed by atoms with van der Waals surface area (Å²) in [6, 6.07) is 4.41. The fourth-order valence-electron chi connectivity index (χ4n) is 5.58. The molecule has 28 heavy (non-hydrogen) atoms. The van der Waals surface area contributed by atoms with Gasteiger partial charge in [-0.1, -0.05) is 12.8 Å². The summed E-state index contributed by atoms with van der Waals surface area (Å²) in [7, 11) is 0. The van der Waals surface area contributed by atoms with Gasteiger partial charge in [0.25, 0.3) is 0 Å². The Balaban J connectivity index is 1.55. The van der Waals surface area contributed by atoms with Gasteiger partial charge in [0.2, 0.25) is 0 Å². The Morgan fingerprint density at radius 1 is 1.00 bits per heavy atom. The number of fused-ring (bicyclic) bond motifs is 4. The van der Waals surface area contributed by atoms with Gasteiger partial charge in [0.15, 0.2) is 0 Å². The molecule has 0 radical (unpaired) electrons. The summed E-state index contributed by atoms with van der Waals surface area (Å²) in [5.41, 5.74) is 24.2. The van der Waals surface area contributed by atoms with Gasteiger partial charge in [-0.05, 0) is 62.6 Å². The Bertz CT molecular complexity index is 898. The first-order valence-electron chi connectivity index (χ1n) is 10.5. The van der Waals surface area contributed by atoms with Gasteiger partial charge >= 0.3 is 0 Å². The second-order valence-electron chi connectivity index (χ2n) is 8.80.